The normalized spacial score (nSPS) is 22.8. The SMILES string of the molecule is CC(C)C(C(=O)NN)N(C)CC1CCCO1. The maximum absolute atomic E-state index is 11.7. The summed E-state index contributed by atoms with van der Waals surface area (Å²) in [6.07, 6.45) is 2.46. The van der Waals surface area contributed by atoms with Crippen LogP contribution in [0.3, 0.4) is 0 Å². The number of carbonyl (C=O) groups excluding carboxylic acids is 1. The van der Waals surface area contributed by atoms with Crippen molar-refractivity contribution >= 4 is 5.91 Å². The Hall–Kier alpha value is -0.650. The molecule has 0 radical (unpaired) electrons. The second-order valence-corrected chi connectivity index (χ2v) is 4.77. The second-order valence-electron chi connectivity index (χ2n) is 4.77. The van der Waals surface area contributed by atoms with Crippen LogP contribution in [0.2, 0.25) is 0 Å². The van der Waals surface area contributed by atoms with E-state index in [4.69, 9.17) is 10.6 Å². The first-order chi connectivity index (χ1) is 7.56. The van der Waals surface area contributed by atoms with Crippen molar-refractivity contribution < 1.29 is 9.53 Å². The van der Waals surface area contributed by atoms with Crippen molar-refractivity contribution in [3.63, 3.8) is 0 Å². The number of nitrogens with zero attached hydrogens (tertiary/aromatic N) is 1. The number of likely N-dealkylation sites (N-methyl/N-ethyl adjacent to an activating group) is 1. The van der Waals surface area contributed by atoms with E-state index in [2.05, 4.69) is 5.43 Å². The molecule has 1 rings (SSSR count). The molecule has 0 aromatic rings. The monoisotopic (exact) mass is 229 g/mol. The molecule has 0 spiro atoms. The molecule has 1 aliphatic rings. The molecule has 5 nitrogen and oxygen atoms in total. The maximum Gasteiger partial charge on any atom is 0.251 e. The molecule has 1 saturated heterocycles. The van der Waals surface area contributed by atoms with Crippen molar-refractivity contribution in [2.45, 2.75) is 38.8 Å². The van der Waals surface area contributed by atoms with Crippen LogP contribution < -0.4 is 11.3 Å². The van der Waals surface area contributed by atoms with E-state index >= 15 is 0 Å². The number of rotatable bonds is 5. The number of hydrogen-bond donors (Lipinski definition) is 2. The van der Waals surface area contributed by atoms with Gasteiger partial charge in [-0.15, -0.1) is 0 Å². The molecule has 94 valence electrons. The van der Waals surface area contributed by atoms with Gasteiger partial charge in [-0.1, -0.05) is 13.8 Å². The zero-order chi connectivity index (χ0) is 12.1. The molecule has 16 heavy (non-hydrogen) atoms. The van der Waals surface area contributed by atoms with Gasteiger partial charge >= 0.3 is 0 Å². The first-order valence-corrected chi connectivity index (χ1v) is 5.88. The number of nitrogens with one attached hydrogen (secondary N) is 1. The van der Waals surface area contributed by atoms with Crippen molar-refractivity contribution in [3.05, 3.63) is 0 Å². The summed E-state index contributed by atoms with van der Waals surface area (Å²) in [4.78, 5) is 13.7. The minimum Gasteiger partial charge on any atom is -0.377 e. The summed E-state index contributed by atoms with van der Waals surface area (Å²) in [6, 6.07) is -0.186. The van der Waals surface area contributed by atoms with Gasteiger partial charge in [0.1, 0.15) is 0 Å². The smallest absolute Gasteiger partial charge is 0.251 e. The number of hydrazine groups is 1. The summed E-state index contributed by atoms with van der Waals surface area (Å²) in [7, 11) is 1.95. The highest BCUT2D eigenvalue weighted by molar-refractivity contribution is 5.81. The Morgan fingerprint density at radius 1 is 1.62 bits per heavy atom. The summed E-state index contributed by atoms with van der Waals surface area (Å²) in [5.41, 5.74) is 2.23. The summed E-state index contributed by atoms with van der Waals surface area (Å²) in [6.45, 7) is 5.67. The minimum atomic E-state index is -0.186. The zero-order valence-electron chi connectivity index (χ0n) is 10.4. The van der Waals surface area contributed by atoms with Crippen molar-refractivity contribution in [1.29, 1.82) is 0 Å². The molecule has 2 atom stereocenters. The van der Waals surface area contributed by atoms with Gasteiger partial charge in [0.2, 0.25) is 0 Å². The van der Waals surface area contributed by atoms with E-state index in [-0.39, 0.29) is 24.0 Å². The third-order valence-electron chi connectivity index (χ3n) is 3.03. The Bertz CT molecular complexity index is 227. The molecule has 5 heteroatoms. The largest absolute Gasteiger partial charge is 0.377 e. The average Bonchev–Trinajstić information content (AvgIpc) is 2.69. The van der Waals surface area contributed by atoms with E-state index in [9.17, 15) is 4.79 Å². The molecular formula is C11H23N3O2. The predicted molar refractivity (Wildman–Crippen MR) is 62.6 cm³/mol. The van der Waals surface area contributed by atoms with Crippen LogP contribution in [0.1, 0.15) is 26.7 Å². The average molecular weight is 229 g/mol. The lowest BCUT2D eigenvalue weighted by Gasteiger charge is -2.31. The van der Waals surface area contributed by atoms with Crippen LogP contribution in [-0.4, -0.2) is 43.2 Å². The molecule has 0 aliphatic carbocycles. The molecule has 1 aliphatic heterocycles. The maximum atomic E-state index is 11.7. The van der Waals surface area contributed by atoms with Gasteiger partial charge in [0.25, 0.3) is 5.91 Å². The fourth-order valence-electron chi connectivity index (χ4n) is 2.32. The van der Waals surface area contributed by atoms with E-state index < -0.39 is 0 Å². The molecule has 0 aromatic heterocycles. The lowest BCUT2D eigenvalue weighted by atomic mass is 10.0. The van der Waals surface area contributed by atoms with Crippen LogP contribution in [0.5, 0.6) is 0 Å². The van der Waals surface area contributed by atoms with Gasteiger partial charge in [-0.3, -0.25) is 15.1 Å². The summed E-state index contributed by atoms with van der Waals surface area (Å²) >= 11 is 0. The van der Waals surface area contributed by atoms with Gasteiger partial charge < -0.3 is 4.74 Å². The van der Waals surface area contributed by atoms with Gasteiger partial charge in [-0.05, 0) is 25.8 Å². The van der Waals surface area contributed by atoms with Crippen LogP contribution in [0, 0.1) is 5.92 Å². The van der Waals surface area contributed by atoms with Gasteiger partial charge in [-0.2, -0.15) is 0 Å². The molecule has 1 heterocycles. The van der Waals surface area contributed by atoms with Crippen molar-refractivity contribution in [3.8, 4) is 0 Å². The van der Waals surface area contributed by atoms with E-state index in [0.717, 1.165) is 26.0 Å². The zero-order valence-corrected chi connectivity index (χ0v) is 10.4. The highest BCUT2D eigenvalue weighted by Gasteiger charge is 2.28. The Kier molecular flexibility index (Phi) is 5.18. The quantitative estimate of drug-likeness (QED) is 0.399. The molecule has 0 bridgehead atoms. The Morgan fingerprint density at radius 2 is 2.31 bits per heavy atom. The summed E-state index contributed by atoms with van der Waals surface area (Å²) in [5.74, 6) is 5.30. The van der Waals surface area contributed by atoms with Crippen LogP contribution in [0.15, 0.2) is 0 Å². The highest BCUT2D eigenvalue weighted by atomic mass is 16.5. The van der Waals surface area contributed by atoms with Gasteiger partial charge in [0.15, 0.2) is 0 Å². The van der Waals surface area contributed by atoms with Crippen molar-refractivity contribution in [2.75, 3.05) is 20.2 Å². The fourth-order valence-corrected chi connectivity index (χ4v) is 2.32. The Morgan fingerprint density at radius 3 is 2.75 bits per heavy atom. The number of ether oxygens (including phenoxy) is 1. The van der Waals surface area contributed by atoms with Crippen molar-refractivity contribution in [1.82, 2.24) is 10.3 Å². The van der Waals surface area contributed by atoms with Crippen molar-refractivity contribution in [2.24, 2.45) is 11.8 Å². The number of carbonyl (C=O) groups is 1. The molecule has 2 unspecified atom stereocenters. The Labute approximate surface area is 97.3 Å². The topological polar surface area (TPSA) is 67.6 Å². The van der Waals surface area contributed by atoms with Gasteiger partial charge in [0.05, 0.1) is 12.1 Å². The fraction of sp³-hybridized carbons (Fsp3) is 0.909. The number of nitrogens with two attached hydrogens (primary N) is 1. The standard InChI is InChI=1S/C11H23N3O2/c1-8(2)10(11(15)13-12)14(3)7-9-5-4-6-16-9/h8-10H,4-7,12H2,1-3H3,(H,13,15). The third-order valence-corrected chi connectivity index (χ3v) is 3.03. The van der Waals surface area contributed by atoms with Gasteiger partial charge in [0, 0.05) is 13.2 Å². The van der Waals surface area contributed by atoms with Crippen LogP contribution >= 0.6 is 0 Å². The van der Waals surface area contributed by atoms with E-state index in [1.165, 1.54) is 0 Å². The van der Waals surface area contributed by atoms with Crippen LogP contribution in [-0.2, 0) is 9.53 Å². The summed E-state index contributed by atoms with van der Waals surface area (Å²) < 4.78 is 5.56. The van der Waals surface area contributed by atoms with E-state index in [1.807, 2.05) is 25.8 Å². The molecular weight excluding hydrogens is 206 g/mol. The highest BCUT2D eigenvalue weighted by Crippen LogP contribution is 2.16. The summed E-state index contributed by atoms with van der Waals surface area (Å²) in [5, 5.41) is 0. The second kappa shape index (κ2) is 6.18. The van der Waals surface area contributed by atoms with Gasteiger partial charge in [-0.25, -0.2) is 5.84 Å². The van der Waals surface area contributed by atoms with Crippen LogP contribution in [0.4, 0.5) is 0 Å². The Balaban J connectivity index is 2.52. The first kappa shape index (κ1) is 13.4. The molecule has 3 N–H and O–H groups in total. The van der Waals surface area contributed by atoms with E-state index in [1.54, 1.807) is 0 Å². The van der Waals surface area contributed by atoms with Crippen LogP contribution in [0.25, 0.3) is 0 Å². The lowest BCUT2D eigenvalue weighted by molar-refractivity contribution is -0.128. The molecule has 0 aromatic carbocycles. The third kappa shape index (κ3) is 3.43. The molecule has 0 saturated carbocycles. The molecule has 1 amide bonds. The number of amides is 1. The number of hydrogen-bond acceptors (Lipinski definition) is 4. The van der Waals surface area contributed by atoms with E-state index in [0.29, 0.717) is 0 Å². The lowest BCUT2D eigenvalue weighted by Crippen LogP contribution is -2.52. The first-order valence-electron chi connectivity index (χ1n) is 5.88. The predicted octanol–water partition coefficient (Wildman–Crippen LogP) is 0.112. The minimum absolute atomic E-state index is 0.129. The molecule has 1 fully saturated rings.